The Bertz CT molecular complexity index is 1420. The third-order valence-corrected chi connectivity index (χ3v) is 6.43. The minimum absolute atomic E-state index is 0.146. The average molecular weight is 459 g/mol. The molecule has 1 saturated heterocycles. The fourth-order valence-corrected chi connectivity index (χ4v) is 4.65. The first-order valence-electron chi connectivity index (χ1n) is 11.4. The molecule has 1 aromatic heterocycles. The fourth-order valence-electron chi connectivity index (χ4n) is 4.65. The standard InChI is InChI=1S/C26H26N4O4/c1-34-19-9-10-21-20(15-19)26(31)24-22(11-12-23(30(32)33)25(24)28-21)27-18-7-5-17(6-8-18)16-29-13-3-2-4-14-29/h5-12,15,27H,2-4,13-14,16H2,1H3,(H,28,31). The molecule has 8 nitrogen and oxygen atoms in total. The van der Waals surface area contributed by atoms with Gasteiger partial charge in [0.1, 0.15) is 11.3 Å². The van der Waals surface area contributed by atoms with Crippen molar-refractivity contribution in [1.29, 1.82) is 0 Å². The van der Waals surface area contributed by atoms with Crippen LogP contribution in [0.2, 0.25) is 0 Å². The predicted molar refractivity (Wildman–Crippen MR) is 134 cm³/mol. The Hall–Kier alpha value is -3.91. The van der Waals surface area contributed by atoms with E-state index in [9.17, 15) is 14.9 Å². The van der Waals surface area contributed by atoms with Gasteiger partial charge in [0.15, 0.2) is 5.43 Å². The molecule has 3 aromatic carbocycles. The van der Waals surface area contributed by atoms with Crippen molar-refractivity contribution in [2.75, 3.05) is 25.5 Å². The van der Waals surface area contributed by atoms with Crippen molar-refractivity contribution in [1.82, 2.24) is 9.88 Å². The summed E-state index contributed by atoms with van der Waals surface area (Å²) in [5, 5.41) is 15.6. The molecule has 1 aliphatic heterocycles. The number of benzene rings is 3. The summed E-state index contributed by atoms with van der Waals surface area (Å²) in [6, 6.07) is 16.2. The molecule has 2 heterocycles. The molecule has 4 aromatic rings. The average Bonchev–Trinajstić information content (AvgIpc) is 2.85. The molecule has 0 unspecified atom stereocenters. The van der Waals surface area contributed by atoms with Gasteiger partial charge in [-0.3, -0.25) is 19.8 Å². The Morgan fingerprint density at radius 1 is 1.06 bits per heavy atom. The van der Waals surface area contributed by atoms with Gasteiger partial charge in [-0.15, -0.1) is 0 Å². The number of hydrogen-bond donors (Lipinski definition) is 2. The van der Waals surface area contributed by atoms with E-state index < -0.39 is 4.92 Å². The molecule has 2 N–H and O–H groups in total. The first-order chi connectivity index (χ1) is 16.5. The van der Waals surface area contributed by atoms with Crippen LogP contribution in [0.4, 0.5) is 17.1 Å². The van der Waals surface area contributed by atoms with Crippen molar-refractivity contribution in [2.45, 2.75) is 25.8 Å². The van der Waals surface area contributed by atoms with E-state index in [1.807, 2.05) is 12.1 Å². The molecule has 0 saturated carbocycles. The summed E-state index contributed by atoms with van der Waals surface area (Å²) in [4.78, 5) is 30.2. The minimum Gasteiger partial charge on any atom is -0.497 e. The van der Waals surface area contributed by atoms with Gasteiger partial charge in [0.2, 0.25) is 0 Å². The van der Waals surface area contributed by atoms with Crippen molar-refractivity contribution in [3.63, 3.8) is 0 Å². The maximum Gasteiger partial charge on any atom is 0.293 e. The number of non-ortho nitro benzene ring substituents is 1. The molecule has 0 atom stereocenters. The molecule has 0 bridgehead atoms. The van der Waals surface area contributed by atoms with Crippen LogP contribution < -0.4 is 15.5 Å². The van der Waals surface area contributed by atoms with Crippen LogP contribution in [0.5, 0.6) is 5.75 Å². The maximum atomic E-state index is 13.5. The lowest BCUT2D eigenvalue weighted by atomic mass is 10.1. The van der Waals surface area contributed by atoms with Gasteiger partial charge in [-0.05, 0) is 67.9 Å². The molecule has 8 heteroatoms. The summed E-state index contributed by atoms with van der Waals surface area (Å²) >= 11 is 0. The number of nitrogens with one attached hydrogen (secondary N) is 2. The van der Waals surface area contributed by atoms with Gasteiger partial charge in [-0.25, -0.2) is 0 Å². The number of nitro groups is 1. The SMILES string of the molecule is COc1ccc2[nH]c3c([N+](=O)[O-])ccc(Nc4ccc(CN5CCCCC5)cc4)c3c(=O)c2c1. The van der Waals surface area contributed by atoms with Gasteiger partial charge in [0.25, 0.3) is 5.69 Å². The highest BCUT2D eigenvalue weighted by Gasteiger charge is 2.20. The summed E-state index contributed by atoms with van der Waals surface area (Å²) in [5.74, 6) is 0.543. The predicted octanol–water partition coefficient (Wildman–Crippen LogP) is 5.33. The second kappa shape index (κ2) is 9.15. The number of hydrogen-bond acceptors (Lipinski definition) is 6. The number of fused-ring (bicyclic) bond motifs is 2. The quantitative estimate of drug-likeness (QED) is 0.230. The van der Waals surface area contributed by atoms with Crippen molar-refractivity contribution >= 4 is 38.9 Å². The first-order valence-corrected chi connectivity index (χ1v) is 11.4. The number of aromatic amines is 1. The maximum absolute atomic E-state index is 13.5. The molecular formula is C26H26N4O4. The highest BCUT2D eigenvalue weighted by Crippen LogP contribution is 2.32. The van der Waals surface area contributed by atoms with E-state index in [1.54, 1.807) is 24.3 Å². The molecule has 174 valence electrons. The lowest BCUT2D eigenvalue weighted by molar-refractivity contribution is -0.383. The lowest BCUT2D eigenvalue weighted by Gasteiger charge is -2.26. The smallest absolute Gasteiger partial charge is 0.293 e. The van der Waals surface area contributed by atoms with E-state index in [-0.39, 0.29) is 22.0 Å². The number of aromatic nitrogens is 1. The van der Waals surface area contributed by atoms with Crippen molar-refractivity contribution < 1.29 is 9.66 Å². The first kappa shape index (κ1) is 21.9. The zero-order chi connectivity index (χ0) is 23.7. The number of ether oxygens (including phenoxy) is 1. The number of methoxy groups -OCH3 is 1. The van der Waals surface area contributed by atoms with Crippen molar-refractivity contribution in [2.24, 2.45) is 0 Å². The summed E-state index contributed by atoms with van der Waals surface area (Å²) in [6.07, 6.45) is 3.81. The van der Waals surface area contributed by atoms with E-state index in [1.165, 1.54) is 38.0 Å². The van der Waals surface area contributed by atoms with Crippen LogP contribution in [0.3, 0.4) is 0 Å². The summed E-state index contributed by atoms with van der Waals surface area (Å²) in [6.45, 7) is 3.20. The third kappa shape index (κ3) is 4.20. The van der Waals surface area contributed by atoms with E-state index >= 15 is 0 Å². The van der Waals surface area contributed by atoms with E-state index in [0.29, 0.717) is 22.3 Å². The Labute approximate surface area is 196 Å². The second-order valence-corrected chi connectivity index (χ2v) is 8.66. The third-order valence-electron chi connectivity index (χ3n) is 6.43. The largest absolute Gasteiger partial charge is 0.497 e. The molecule has 0 aliphatic carbocycles. The van der Waals surface area contributed by atoms with Gasteiger partial charge in [0, 0.05) is 23.7 Å². The topological polar surface area (TPSA) is 100 Å². The van der Waals surface area contributed by atoms with Crippen LogP contribution in [-0.2, 0) is 6.54 Å². The fraction of sp³-hybridized carbons (Fsp3) is 0.269. The molecule has 0 radical (unpaired) electrons. The Morgan fingerprint density at radius 3 is 2.53 bits per heavy atom. The van der Waals surface area contributed by atoms with Crippen LogP contribution >= 0.6 is 0 Å². The second-order valence-electron chi connectivity index (χ2n) is 8.66. The monoisotopic (exact) mass is 458 g/mol. The van der Waals surface area contributed by atoms with Gasteiger partial charge in [-0.2, -0.15) is 0 Å². The number of pyridine rings is 1. The zero-order valence-corrected chi connectivity index (χ0v) is 19.0. The summed E-state index contributed by atoms with van der Waals surface area (Å²) in [7, 11) is 1.53. The molecule has 0 amide bonds. The summed E-state index contributed by atoms with van der Waals surface area (Å²) in [5.41, 5.74) is 2.82. The van der Waals surface area contributed by atoms with E-state index in [0.717, 1.165) is 25.3 Å². The number of H-pyrrole nitrogens is 1. The highest BCUT2D eigenvalue weighted by molar-refractivity contribution is 6.04. The Kier molecular flexibility index (Phi) is 5.90. The van der Waals surface area contributed by atoms with Gasteiger partial charge >= 0.3 is 0 Å². The van der Waals surface area contributed by atoms with Crippen LogP contribution in [-0.4, -0.2) is 35.0 Å². The molecule has 0 spiro atoms. The zero-order valence-electron chi connectivity index (χ0n) is 19.0. The summed E-state index contributed by atoms with van der Waals surface area (Å²) < 4.78 is 5.26. The normalized spacial score (nSPS) is 14.4. The Balaban J connectivity index is 1.54. The van der Waals surface area contributed by atoms with Crippen LogP contribution in [0.25, 0.3) is 21.8 Å². The number of anilines is 2. The number of nitro benzene ring substituents is 1. The number of likely N-dealkylation sites (tertiary alicyclic amines) is 1. The van der Waals surface area contributed by atoms with E-state index in [2.05, 4.69) is 27.3 Å². The van der Waals surface area contributed by atoms with Crippen molar-refractivity contribution in [3.05, 3.63) is 80.5 Å². The van der Waals surface area contributed by atoms with Gasteiger partial charge in [-0.1, -0.05) is 18.6 Å². The Morgan fingerprint density at radius 2 is 1.82 bits per heavy atom. The van der Waals surface area contributed by atoms with Crippen LogP contribution in [0.15, 0.2) is 59.4 Å². The van der Waals surface area contributed by atoms with Gasteiger partial charge < -0.3 is 15.0 Å². The molecule has 5 rings (SSSR count). The molecule has 34 heavy (non-hydrogen) atoms. The van der Waals surface area contributed by atoms with Crippen LogP contribution in [0, 0.1) is 10.1 Å². The molecule has 1 fully saturated rings. The number of nitrogens with zero attached hydrogens (tertiary/aromatic N) is 2. The highest BCUT2D eigenvalue weighted by atomic mass is 16.6. The number of rotatable bonds is 6. The van der Waals surface area contributed by atoms with Crippen molar-refractivity contribution in [3.8, 4) is 5.75 Å². The lowest BCUT2D eigenvalue weighted by Crippen LogP contribution is -2.29. The minimum atomic E-state index is -0.479. The molecule has 1 aliphatic rings. The van der Waals surface area contributed by atoms with Crippen LogP contribution in [0.1, 0.15) is 24.8 Å². The number of piperidine rings is 1. The van der Waals surface area contributed by atoms with E-state index in [4.69, 9.17) is 4.74 Å². The van der Waals surface area contributed by atoms with Gasteiger partial charge in [0.05, 0.1) is 28.6 Å². The molecular weight excluding hydrogens is 432 g/mol.